The van der Waals surface area contributed by atoms with E-state index in [1.807, 2.05) is 19.1 Å². The van der Waals surface area contributed by atoms with Crippen molar-refractivity contribution in [3.63, 3.8) is 0 Å². The standard InChI is InChI=1S/C20H23N2O3S/c1-14-19(15-8-12-18(13-9-15)26(5,23)24)20(21-25-14)16-6-10-17(11-7-16)22(2,3)4/h6-13H,1-5H3/q+1. The second-order valence-corrected chi connectivity index (χ2v) is 9.33. The number of aryl methyl sites for hydroxylation is 1. The van der Waals surface area contributed by atoms with Gasteiger partial charge in [0.25, 0.3) is 0 Å². The maximum atomic E-state index is 11.7. The summed E-state index contributed by atoms with van der Waals surface area (Å²) in [5.41, 5.74) is 4.65. The van der Waals surface area contributed by atoms with E-state index >= 15 is 0 Å². The summed E-state index contributed by atoms with van der Waals surface area (Å²) in [4.78, 5) is 0.296. The quantitative estimate of drug-likeness (QED) is 0.652. The number of hydrogen-bond acceptors (Lipinski definition) is 4. The van der Waals surface area contributed by atoms with Gasteiger partial charge in [-0.1, -0.05) is 17.3 Å². The lowest BCUT2D eigenvalue weighted by molar-refractivity contribution is 0.400. The van der Waals surface area contributed by atoms with Crippen molar-refractivity contribution in [2.75, 3.05) is 27.4 Å². The number of nitrogens with zero attached hydrogens (tertiary/aromatic N) is 2. The predicted molar refractivity (Wildman–Crippen MR) is 105 cm³/mol. The molecular formula is C20H23N2O3S+. The molecule has 0 bridgehead atoms. The zero-order valence-electron chi connectivity index (χ0n) is 15.6. The SMILES string of the molecule is Cc1onc(-c2ccc([N+](C)(C)C)cc2)c1-c1ccc(S(C)(=O)=O)cc1. The van der Waals surface area contributed by atoms with Gasteiger partial charge in [0.2, 0.25) is 0 Å². The van der Waals surface area contributed by atoms with Crippen molar-refractivity contribution < 1.29 is 12.9 Å². The van der Waals surface area contributed by atoms with E-state index in [4.69, 9.17) is 4.52 Å². The Labute approximate surface area is 154 Å². The van der Waals surface area contributed by atoms with Gasteiger partial charge in [-0.2, -0.15) is 0 Å². The Morgan fingerprint density at radius 1 is 0.885 bits per heavy atom. The van der Waals surface area contributed by atoms with Gasteiger partial charge in [-0.3, -0.25) is 4.48 Å². The molecule has 1 heterocycles. The molecule has 0 N–H and O–H groups in total. The molecule has 0 saturated carbocycles. The normalized spacial score (nSPS) is 12.3. The summed E-state index contributed by atoms with van der Waals surface area (Å²) < 4.78 is 29.5. The summed E-state index contributed by atoms with van der Waals surface area (Å²) in [5.74, 6) is 0.697. The van der Waals surface area contributed by atoms with E-state index in [1.165, 1.54) is 11.9 Å². The molecule has 1 aromatic heterocycles. The van der Waals surface area contributed by atoms with E-state index in [2.05, 4.69) is 38.4 Å². The van der Waals surface area contributed by atoms with Crippen molar-refractivity contribution in [2.24, 2.45) is 0 Å². The smallest absolute Gasteiger partial charge is 0.175 e. The van der Waals surface area contributed by atoms with E-state index in [0.29, 0.717) is 10.7 Å². The minimum atomic E-state index is -3.22. The van der Waals surface area contributed by atoms with Gasteiger partial charge in [-0.05, 0) is 48.9 Å². The maximum absolute atomic E-state index is 11.7. The van der Waals surface area contributed by atoms with E-state index in [1.54, 1.807) is 24.3 Å². The fraction of sp³-hybridized carbons (Fsp3) is 0.250. The molecule has 0 aliphatic heterocycles. The van der Waals surface area contributed by atoms with Crippen LogP contribution >= 0.6 is 0 Å². The van der Waals surface area contributed by atoms with Crippen LogP contribution in [-0.2, 0) is 9.84 Å². The molecule has 5 nitrogen and oxygen atoms in total. The zero-order chi connectivity index (χ0) is 19.1. The molecule has 0 aliphatic rings. The van der Waals surface area contributed by atoms with E-state index in [-0.39, 0.29) is 0 Å². The van der Waals surface area contributed by atoms with E-state index < -0.39 is 9.84 Å². The molecule has 136 valence electrons. The van der Waals surface area contributed by atoms with Crippen molar-refractivity contribution in [1.82, 2.24) is 9.64 Å². The summed E-state index contributed by atoms with van der Waals surface area (Å²) in [6.07, 6.45) is 1.20. The van der Waals surface area contributed by atoms with Crippen LogP contribution in [0.25, 0.3) is 22.4 Å². The lowest BCUT2D eigenvalue weighted by Gasteiger charge is -2.23. The summed E-state index contributed by atoms with van der Waals surface area (Å²) in [7, 11) is 3.12. The summed E-state index contributed by atoms with van der Waals surface area (Å²) in [6.45, 7) is 1.86. The number of rotatable bonds is 4. The number of sulfone groups is 1. The Morgan fingerprint density at radius 2 is 1.42 bits per heavy atom. The van der Waals surface area contributed by atoms with E-state index in [0.717, 1.165) is 26.9 Å². The molecule has 0 amide bonds. The Balaban J connectivity index is 2.05. The fourth-order valence-corrected chi connectivity index (χ4v) is 3.47. The molecule has 0 fully saturated rings. The van der Waals surface area contributed by atoms with Crippen LogP contribution in [0, 0.1) is 6.92 Å². The molecule has 26 heavy (non-hydrogen) atoms. The molecule has 0 saturated heterocycles. The Bertz CT molecular complexity index is 1030. The van der Waals surface area contributed by atoms with Gasteiger partial charge in [-0.15, -0.1) is 0 Å². The summed E-state index contributed by atoms with van der Waals surface area (Å²) >= 11 is 0. The first-order valence-corrected chi connectivity index (χ1v) is 10.2. The topological polar surface area (TPSA) is 60.2 Å². The number of aromatic nitrogens is 1. The van der Waals surface area contributed by atoms with Crippen LogP contribution in [0.5, 0.6) is 0 Å². The Hall–Kier alpha value is -2.44. The molecule has 3 rings (SSSR count). The van der Waals surface area contributed by atoms with Crippen LogP contribution in [-0.4, -0.2) is 41.0 Å². The van der Waals surface area contributed by atoms with Crippen LogP contribution in [0.1, 0.15) is 5.76 Å². The Morgan fingerprint density at radius 3 is 1.92 bits per heavy atom. The van der Waals surface area contributed by atoms with Crippen molar-refractivity contribution in [3.05, 3.63) is 54.3 Å². The average molecular weight is 371 g/mol. The monoisotopic (exact) mass is 371 g/mol. The van der Waals surface area contributed by atoms with Gasteiger partial charge in [0.1, 0.15) is 17.1 Å². The molecule has 2 aromatic carbocycles. The number of hydrogen-bond donors (Lipinski definition) is 0. The highest BCUT2D eigenvalue weighted by molar-refractivity contribution is 7.90. The highest BCUT2D eigenvalue weighted by atomic mass is 32.2. The van der Waals surface area contributed by atoms with Crippen molar-refractivity contribution in [3.8, 4) is 22.4 Å². The average Bonchev–Trinajstić information content (AvgIpc) is 2.95. The minimum Gasteiger partial charge on any atom is -0.360 e. The molecule has 0 unspecified atom stereocenters. The maximum Gasteiger partial charge on any atom is 0.175 e. The zero-order valence-corrected chi connectivity index (χ0v) is 16.5. The highest BCUT2D eigenvalue weighted by Gasteiger charge is 2.19. The van der Waals surface area contributed by atoms with Gasteiger partial charge in [-0.25, -0.2) is 8.42 Å². The first kappa shape index (κ1) is 18.4. The van der Waals surface area contributed by atoms with E-state index in [9.17, 15) is 8.42 Å². The summed E-state index contributed by atoms with van der Waals surface area (Å²) in [5, 5.41) is 4.23. The third-order valence-corrected chi connectivity index (χ3v) is 5.48. The van der Waals surface area contributed by atoms with Gasteiger partial charge in [0.05, 0.1) is 31.6 Å². The van der Waals surface area contributed by atoms with Crippen molar-refractivity contribution in [2.45, 2.75) is 11.8 Å². The second-order valence-electron chi connectivity index (χ2n) is 7.32. The number of quaternary nitrogens is 1. The van der Waals surface area contributed by atoms with Crippen LogP contribution in [0.3, 0.4) is 0 Å². The summed E-state index contributed by atoms with van der Waals surface area (Å²) in [6, 6.07) is 15.0. The molecule has 0 radical (unpaired) electrons. The lowest BCUT2D eigenvalue weighted by atomic mass is 9.99. The largest absolute Gasteiger partial charge is 0.360 e. The van der Waals surface area contributed by atoms with Gasteiger partial charge < -0.3 is 4.52 Å². The molecular weight excluding hydrogens is 348 g/mol. The molecule has 0 aliphatic carbocycles. The molecule has 0 spiro atoms. The van der Waals surface area contributed by atoms with Gasteiger partial charge in [0.15, 0.2) is 9.84 Å². The fourth-order valence-electron chi connectivity index (χ4n) is 2.84. The highest BCUT2D eigenvalue weighted by Crippen LogP contribution is 2.35. The first-order chi connectivity index (χ1) is 12.1. The van der Waals surface area contributed by atoms with Crippen LogP contribution in [0.2, 0.25) is 0 Å². The van der Waals surface area contributed by atoms with Crippen molar-refractivity contribution >= 4 is 15.5 Å². The van der Waals surface area contributed by atoms with Gasteiger partial charge in [0, 0.05) is 11.8 Å². The molecule has 0 atom stereocenters. The lowest BCUT2D eigenvalue weighted by Crippen LogP contribution is -2.34. The predicted octanol–water partition coefficient (Wildman–Crippen LogP) is 3.92. The first-order valence-electron chi connectivity index (χ1n) is 8.26. The van der Waals surface area contributed by atoms with Crippen LogP contribution < -0.4 is 4.48 Å². The van der Waals surface area contributed by atoms with Crippen molar-refractivity contribution in [1.29, 1.82) is 0 Å². The molecule has 6 heteroatoms. The second kappa shape index (κ2) is 6.37. The Kier molecular flexibility index (Phi) is 4.50. The van der Waals surface area contributed by atoms with Gasteiger partial charge >= 0.3 is 0 Å². The third-order valence-electron chi connectivity index (χ3n) is 4.35. The van der Waals surface area contributed by atoms with Crippen LogP contribution in [0.15, 0.2) is 57.9 Å². The number of benzene rings is 2. The minimum absolute atomic E-state index is 0.296. The third kappa shape index (κ3) is 3.57. The molecule has 3 aromatic rings. The van der Waals surface area contributed by atoms with Crippen LogP contribution in [0.4, 0.5) is 5.69 Å².